The molecular formula is C20H28N4O2S. The van der Waals surface area contributed by atoms with Gasteiger partial charge in [0.2, 0.25) is 10.0 Å². The second-order valence-electron chi connectivity index (χ2n) is 6.53. The third-order valence-corrected chi connectivity index (χ3v) is 5.56. The second kappa shape index (κ2) is 9.53. The lowest BCUT2D eigenvalue weighted by Gasteiger charge is -2.22. The van der Waals surface area contributed by atoms with Crippen LogP contribution in [-0.4, -0.2) is 40.4 Å². The number of nitrogens with zero attached hydrogens (tertiary/aromatic N) is 2. The zero-order chi connectivity index (χ0) is 19.9. The predicted octanol–water partition coefficient (Wildman–Crippen LogP) is 2.25. The summed E-state index contributed by atoms with van der Waals surface area (Å²) in [6, 6.07) is 16.0. The molecule has 2 N–H and O–H groups in total. The van der Waals surface area contributed by atoms with Crippen LogP contribution < -0.4 is 10.0 Å². The summed E-state index contributed by atoms with van der Waals surface area (Å²) in [5.41, 5.74) is 4.21. The SMILES string of the molecule is CN=C(NCc1cccc(CS(=O)(=O)NC)c1)N(C)Cc1ccc(C)cc1. The molecule has 146 valence electrons. The molecule has 0 saturated heterocycles. The topological polar surface area (TPSA) is 73.8 Å². The Balaban J connectivity index is 1.98. The van der Waals surface area contributed by atoms with E-state index < -0.39 is 10.0 Å². The summed E-state index contributed by atoms with van der Waals surface area (Å²) in [5.74, 6) is 0.753. The average Bonchev–Trinajstić information content (AvgIpc) is 2.64. The Bertz CT molecular complexity index is 877. The van der Waals surface area contributed by atoms with Gasteiger partial charge in [-0.15, -0.1) is 0 Å². The van der Waals surface area contributed by atoms with Crippen molar-refractivity contribution < 1.29 is 8.42 Å². The first-order chi connectivity index (χ1) is 12.8. The van der Waals surface area contributed by atoms with Crippen LogP contribution in [0.5, 0.6) is 0 Å². The van der Waals surface area contributed by atoms with Gasteiger partial charge >= 0.3 is 0 Å². The van der Waals surface area contributed by atoms with Gasteiger partial charge in [0, 0.05) is 27.2 Å². The summed E-state index contributed by atoms with van der Waals surface area (Å²) in [4.78, 5) is 6.39. The first-order valence-corrected chi connectivity index (χ1v) is 10.4. The molecule has 0 aliphatic rings. The van der Waals surface area contributed by atoms with Crippen molar-refractivity contribution in [3.05, 3.63) is 70.8 Å². The van der Waals surface area contributed by atoms with Crippen LogP contribution in [0.4, 0.5) is 0 Å². The maximum Gasteiger partial charge on any atom is 0.215 e. The normalized spacial score (nSPS) is 12.1. The average molecular weight is 389 g/mol. The fourth-order valence-corrected chi connectivity index (χ4v) is 3.49. The molecule has 7 heteroatoms. The van der Waals surface area contributed by atoms with Gasteiger partial charge in [-0.3, -0.25) is 4.99 Å². The summed E-state index contributed by atoms with van der Waals surface area (Å²) < 4.78 is 25.8. The van der Waals surface area contributed by atoms with Crippen molar-refractivity contribution >= 4 is 16.0 Å². The van der Waals surface area contributed by atoms with E-state index >= 15 is 0 Å². The van der Waals surface area contributed by atoms with Crippen molar-refractivity contribution in [1.82, 2.24) is 14.9 Å². The van der Waals surface area contributed by atoms with E-state index in [-0.39, 0.29) is 5.75 Å². The third-order valence-electron chi connectivity index (χ3n) is 4.22. The van der Waals surface area contributed by atoms with E-state index in [2.05, 4.69) is 51.1 Å². The van der Waals surface area contributed by atoms with Crippen LogP contribution in [-0.2, 0) is 28.9 Å². The minimum atomic E-state index is -3.28. The van der Waals surface area contributed by atoms with E-state index in [1.165, 1.54) is 18.2 Å². The molecule has 0 heterocycles. The van der Waals surface area contributed by atoms with E-state index in [1.807, 2.05) is 31.3 Å². The molecule has 0 aromatic heterocycles. The van der Waals surface area contributed by atoms with Crippen molar-refractivity contribution in [1.29, 1.82) is 0 Å². The molecule has 2 aromatic rings. The first kappa shape index (κ1) is 20.9. The van der Waals surface area contributed by atoms with Gasteiger partial charge in [-0.2, -0.15) is 0 Å². The summed E-state index contributed by atoms with van der Waals surface area (Å²) in [6.07, 6.45) is 0. The molecule has 6 nitrogen and oxygen atoms in total. The minimum absolute atomic E-state index is 0.0284. The Morgan fingerprint density at radius 3 is 2.37 bits per heavy atom. The van der Waals surface area contributed by atoms with Gasteiger partial charge in [0.1, 0.15) is 0 Å². The zero-order valence-corrected chi connectivity index (χ0v) is 17.2. The lowest BCUT2D eigenvalue weighted by molar-refractivity contribution is 0.476. The van der Waals surface area contributed by atoms with Crippen molar-refractivity contribution in [3.8, 4) is 0 Å². The van der Waals surface area contributed by atoms with Crippen molar-refractivity contribution in [2.45, 2.75) is 25.8 Å². The number of aliphatic imine (C=N–C) groups is 1. The highest BCUT2D eigenvalue weighted by Crippen LogP contribution is 2.10. The van der Waals surface area contributed by atoms with Gasteiger partial charge in [-0.25, -0.2) is 13.1 Å². The van der Waals surface area contributed by atoms with Crippen LogP contribution in [0.2, 0.25) is 0 Å². The molecule has 0 atom stereocenters. The molecule has 0 radical (unpaired) electrons. The Labute approximate surface area is 162 Å². The van der Waals surface area contributed by atoms with Crippen molar-refractivity contribution in [3.63, 3.8) is 0 Å². The van der Waals surface area contributed by atoms with Crippen LogP contribution in [0, 0.1) is 6.92 Å². The summed E-state index contributed by atoms with van der Waals surface area (Å²) in [6.45, 7) is 3.39. The van der Waals surface area contributed by atoms with Gasteiger partial charge < -0.3 is 10.2 Å². The van der Waals surface area contributed by atoms with Gasteiger partial charge in [0.25, 0.3) is 0 Å². The van der Waals surface area contributed by atoms with Gasteiger partial charge in [0.05, 0.1) is 5.75 Å². The summed E-state index contributed by atoms with van der Waals surface area (Å²) in [7, 11) is 1.89. The standard InChI is InChI=1S/C20H28N4O2S/c1-16-8-10-17(11-9-16)14-24(4)20(21-2)23-13-18-6-5-7-19(12-18)15-27(25,26)22-3/h5-12,22H,13-15H2,1-4H3,(H,21,23). The number of aryl methyl sites for hydroxylation is 1. The first-order valence-electron chi connectivity index (χ1n) is 8.79. The van der Waals surface area contributed by atoms with Gasteiger partial charge in [0.15, 0.2) is 5.96 Å². The Morgan fingerprint density at radius 1 is 1.07 bits per heavy atom. The molecule has 0 aliphatic heterocycles. The summed E-state index contributed by atoms with van der Waals surface area (Å²) >= 11 is 0. The molecule has 2 aromatic carbocycles. The molecule has 2 rings (SSSR count). The summed E-state index contributed by atoms with van der Waals surface area (Å²) in [5, 5.41) is 3.33. The maximum atomic E-state index is 11.7. The molecule has 0 saturated carbocycles. The number of guanidine groups is 1. The van der Waals surface area contributed by atoms with Crippen LogP contribution in [0.1, 0.15) is 22.3 Å². The van der Waals surface area contributed by atoms with E-state index in [9.17, 15) is 8.42 Å². The fraction of sp³-hybridized carbons (Fsp3) is 0.350. The molecule has 0 spiro atoms. The minimum Gasteiger partial charge on any atom is -0.352 e. The lowest BCUT2D eigenvalue weighted by Crippen LogP contribution is -2.38. The molecule has 0 bridgehead atoms. The largest absolute Gasteiger partial charge is 0.352 e. The van der Waals surface area contributed by atoms with E-state index in [0.29, 0.717) is 6.54 Å². The number of rotatable bonds is 7. The van der Waals surface area contributed by atoms with Gasteiger partial charge in [-0.1, -0.05) is 54.1 Å². The number of benzene rings is 2. The molecule has 0 amide bonds. The molecule has 0 fully saturated rings. The van der Waals surface area contributed by atoms with Crippen LogP contribution >= 0.6 is 0 Å². The van der Waals surface area contributed by atoms with E-state index in [4.69, 9.17) is 0 Å². The zero-order valence-electron chi connectivity index (χ0n) is 16.4. The smallest absolute Gasteiger partial charge is 0.215 e. The highest BCUT2D eigenvalue weighted by atomic mass is 32.2. The number of sulfonamides is 1. The van der Waals surface area contributed by atoms with Crippen molar-refractivity contribution in [2.75, 3.05) is 21.1 Å². The Morgan fingerprint density at radius 2 is 1.74 bits per heavy atom. The molecular weight excluding hydrogens is 360 g/mol. The monoisotopic (exact) mass is 388 g/mol. The van der Waals surface area contributed by atoms with E-state index in [1.54, 1.807) is 7.05 Å². The lowest BCUT2D eigenvalue weighted by atomic mass is 10.1. The van der Waals surface area contributed by atoms with Crippen LogP contribution in [0.3, 0.4) is 0 Å². The highest BCUT2D eigenvalue weighted by Gasteiger charge is 2.10. The van der Waals surface area contributed by atoms with E-state index in [0.717, 1.165) is 23.6 Å². The second-order valence-corrected chi connectivity index (χ2v) is 8.45. The number of nitrogens with one attached hydrogen (secondary N) is 2. The van der Waals surface area contributed by atoms with Crippen LogP contribution in [0.15, 0.2) is 53.5 Å². The Kier molecular flexibility index (Phi) is 7.38. The molecule has 27 heavy (non-hydrogen) atoms. The maximum absolute atomic E-state index is 11.7. The van der Waals surface area contributed by atoms with Crippen LogP contribution in [0.25, 0.3) is 0 Å². The van der Waals surface area contributed by atoms with Crippen molar-refractivity contribution in [2.24, 2.45) is 4.99 Å². The van der Waals surface area contributed by atoms with Gasteiger partial charge in [-0.05, 0) is 30.7 Å². The third kappa shape index (κ3) is 6.69. The molecule has 0 aliphatic carbocycles. The number of hydrogen-bond acceptors (Lipinski definition) is 3. The Hall–Kier alpha value is -2.38. The predicted molar refractivity (Wildman–Crippen MR) is 111 cm³/mol. The quantitative estimate of drug-likeness (QED) is 0.564. The fourth-order valence-electron chi connectivity index (χ4n) is 2.73. The number of hydrogen-bond donors (Lipinski definition) is 2. The molecule has 0 unspecified atom stereocenters. The highest BCUT2D eigenvalue weighted by molar-refractivity contribution is 7.88.